The summed E-state index contributed by atoms with van der Waals surface area (Å²) in [7, 11) is 0. The molecule has 0 bridgehead atoms. The molecule has 0 saturated heterocycles. The molecule has 0 aliphatic carbocycles. The third-order valence-corrected chi connectivity index (χ3v) is 11.3. The van der Waals surface area contributed by atoms with Gasteiger partial charge in [-0.1, -0.05) is 234 Å². The van der Waals surface area contributed by atoms with Gasteiger partial charge < -0.3 is 9.88 Å². The first-order valence-electron chi connectivity index (χ1n) is 20.0. The van der Waals surface area contributed by atoms with Crippen LogP contribution in [0.5, 0.6) is 0 Å². The van der Waals surface area contributed by atoms with Gasteiger partial charge in [-0.2, -0.15) is 5.47 Å². The summed E-state index contributed by atoms with van der Waals surface area (Å²) in [6.07, 6.45) is 4.12. The Morgan fingerprint density at radius 3 is 1.40 bits per heavy atom. The van der Waals surface area contributed by atoms with Gasteiger partial charge in [0.25, 0.3) is 0 Å². The Hall–Kier alpha value is -5.31. The van der Waals surface area contributed by atoms with E-state index in [9.17, 15) is 0 Å². The van der Waals surface area contributed by atoms with Gasteiger partial charge in [0.2, 0.25) is 6.71 Å². The number of benzene rings is 7. The minimum absolute atomic E-state index is 0. The molecule has 0 atom stereocenters. The van der Waals surface area contributed by atoms with E-state index in [1.54, 1.807) is 0 Å². The Kier molecular flexibility index (Phi) is 11.9. The smallest absolute Gasteiger partial charge is 0.211 e. The van der Waals surface area contributed by atoms with Crippen LogP contribution < -0.4 is 15.3 Å². The molecule has 1 aromatic heterocycles. The van der Waals surface area contributed by atoms with E-state index in [-0.39, 0.29) is 34.5 Å². The summed E-state index contributed by atoms with van der Waals surface area (Å²) in [4.78, 5) is 6.99. The molecule has 2 heterocycles. The third-order valence-electron chi connectivity index (χ3n) is 11.3. The van der Waals surface area contributed by atoms with Crippen molar-refractivity contribution in [3.63, 3.8) is 0 Å². The van der Waals surface area contributed by atoms with Crippen LogP contribution in [0.4, 0.5) is 5.69 Å². The second-order valence-corrected chi connectivity index (χ2v) is 16.1. The average molecular weight is 922 g/mol. The van der Waals surface area contributed by atoms with E-state index in [0.717, 1.165) is 11.0 Å². The van der Waals surface area contributed by atoms with Gasteiger partial charge in [-0.25, -0.2) is 0 Å². The van der Waals surface area contributed by atoms with E-state index in [0.29, 0.717) is 11.8 Å². The van der Waals surface area contributed by atoms with Crippen molar-refractivity contribution in [3.05, 3.63) is 199 Å². The van der Waals surface area contributed by atoms with Crippen LogP contribution in [0.15, 0.2) is 176 Å². The van der Waals surface area contributed by atoms with Crippen LogP contribution in [0, 0.1) is 6.20 Å². The van der Waals surface area contributed by atoms with E-state index < -0.39 is 0 Å². The summed E-state index contributed by atoms with van der Waals surface area (Å²) in [5, 5.41) is 2.50. The maximum atomic E-state index is 4.52. The summed E-state index contributed by atoms with van der Waals surface area (Å²) in [6, 6.07) is 62.8. The second-order valence-electron chi connectivity index (χ2n) is 16.1. The number of hydrogen-bond acceptors (Lipinski definition) is 1. The Morgan fingerprint density at radius 1 is 0.509 bits per heavy atom. The van der Waals surface area contributed by atoms with E-state index in [1.165, 1.54) is 66.3 Å². The standard InChI is InChI=1S/C41H41BN.C12H8N.Au/c1-29(2)34-24-16-25-35(30(3)4)39(34)38-28-43(41(5,6)42(38)33-22-14-9-15-23-33)40-36(31-18-10-7-11-19-31)26-17-27-37(40)32-20-12-8-13-21-32;1-3-7-11-9(5-1)10-6-2-4-8-12(10)13-11;/h7-27,29-30H,1-6H3;1-8H;/q2*-1;. The maximum absolute atomic E-state index is 4.52. The first-order chi connectivity index (χ1) is 27.2. The molecule has 1 radical (unpaired) electrons. The molecular weight excluding hydrogens is 872 g/mol. The van der Waals surface area contributed by atoms with Crippen LogP contribution >= 0.6 is 0 Å². The molecule has 0 fully saturated rings. The van der Waals surface area contributed by atoms with Crippen LogP contribution in [0.3, 0.4) is 0 Å². The fourth-order valence-electron chi connectivity index (χ4n) is 8.65. The average Bonchev–Trinajstić information content (AvgIpc) is 3.75. The summed E-state index contributed by atoms with van der Waals surface area (Å²) in [5.41, 5.74) is 14.7. The number of nitrogens with zero attached hydrogens (tertiary/aromatic N) is 2. The van der Waals surface area contributed by atoms with Gasteiger partial charge in [0.15, 0.2) is 0 Å². The molecule has 57 heavy (non-hydrogen) atoms. The third kappa shape index (κ3) is 7.73. The first-order valence-corrected chi connectivity index (χ1v) is 20.0. The van der Waals surface area contributed by atoms with Crippen molar-refractivity contribution in [2.45, 2.75) is 58.8 Å². The fourth-order valence-corrected chi connectivity index (χ4v) is 8.65. The molecule has 4 heteroatoms. The number of rotatable bonds is 7. The fraction of sp³-hybridized carbons (Fsp3) is 0.170. The van der Waals surface area contributed by atoms with Crippen LogP contribution in [0.25, 0.3) is 49.5 Å². The van der Waals surface area contributed by atoms with Crippen molar-refractivity contribution in [2.24, 2.45) is 0 Å². The molecule has 0 spiro atoms. The summed E-state index contributed by atoms with van der Waals surface area (Å²) >= 11 is 0. The Bertz CT molecular complexity index is 2490. The van der Waals surface area contributed by atoms with Crippen LogP contribution in [0.2, 0.25) is 0 Å². The Morgan fingerprint density at radius 2 is 0.930 bits per heavy atom. The zero-order valence-corrected chi connectivity index (χ0v) is 35.8. The molecule has 0 unspecified atom stereocenters. The molecule has 7 aromatic carbocycles. The molecule has 0 N–H and O–H groups in total. The zero-order valence-electron chi connectivity index (χ0n) is 33.7. The first kappa shape index (κ1) is 39.9. The van der Waals surface area contributed by atoms with Crippen molar-refractivity contribution in [2.75, 3.05) is 4.90 Å². The summed E-state index contributed by atoms with van der Waals surface area (Å²) in [6.45, 7) is 14.2. The molecule has 0 saturated carbocycles. The summed E-state index contributed by atoms with van der Waals surface area (Å²) < 4.78 is 0. The van der Waals surface area contributed by atoms with Crippen molar-refractivity contribution in [1.29, 1.82) is 0 Å². The van der Waals surface area contributed by atoms with Crippen LogP contribution in [-0.4, -0.2) is 12.2 Å². The topological polar surface area (TPSA) is 17.3 Å². The van der Waals surface area contributed by atoms with E-state index in [4.69, 9.17) is 0 Å². The molecule has 8 aromatic rings. The predicted octanol–water partition coefficient (Wildman–Crippen LogP) is 13.1. The van der Waals surface area contributed by atoms with Crippen molar-refractivity contribution in [3.8, 4) is 22.3 Å². The van der Waals surface area contributed by atoms with Crippen LogP contribution in [0.1, 0.15) is 70.1 Å². The SMILES string of the molecule is CC(C)c1cccc(C(C)C)c1C1=[C-]N(c2c(-c3ccccc3)cccc2-c2ccccc2)C(C)(C)B1c1ccccc1.[Au].c1ccc2c(c1)[n-]c1ccccc12. The minimum atomic E-state index is -0.302. The van der Waals surface area contributed by atoms with Gasteiger partial charge in [0, 0.05) is 27.8 Å². The minimum Gasteiger partial charge on any atom is -0.657 e. The normalized spacial score (nSPS) is 13.4. The molecule has 1 aliphatic rings. The van der Waals surface area contributed by atoms with E-state index >= 15 is 0 Å². The predicted molar refractivity (Wildman–Crippen MR) is 242 cm³/mol. The van der Waals surface area contributed by atoms with E-state index in [1.807, 2.05) is 12.1 Å². The van der Waals surface area contributed by atoms with Gasteiger partial charge in [0.1, 0.15) is 0 Å². The molecule has 1 aliphatic heterocycles. The largest absolute Gasteiger partial charge is 0.657 e. The van der Waals surface area contributed by atoms with Crippen molar-refractivity contribution in [1.82, 2.24) is 4.98 Å². The van der Waals surface area contributed by atoms with Gasteiger partial charge in [-0.15, -0.1) is 22.8 Å². The van der Waals surface area contributed by atoms with Gasteiger partial charge in [-0.05, 0) is 50.5 Å². The van der Waals surface area contributed by atoms with Gasteiger partial charge in [0.05, 0.1) is 0 Å². The Labute approximate surface area is 355 Å². The van der Waals surface area contributed by atoms with E-state index in [2.05, 4.69) is 221 Å². The molecular formula is C53H49AuBN2-2. The number of para-hydroxylation sites is 3. The van der Waals surface area contributed by atoms with Crippen molar-refractivity contribution < 1.29 is 22.4 Å². The van der Waals surface area contributed by atoms with Crippen LogP contribution in [-0.2, 0) is 22.4 Å². The van der Waals surface area contributed by atoms with Gasteiger partial charge in [-0.3, -0.25) is 0 Å². The monoisotopic (exact) mass is 921 g/mol. The van der Waals surface area contributed by atoms with Gasteiger partial charge >= 0.3 is 0 Å². The Balaban J connectivity index is 0.000000297. The zero-order chi connectivity index (χ0) is 38.8. The number of hydrogen-bond donors (Lipinski definition) is 0. The molecule has 2 nitrogen and oxygen atoms in total. The number of anilines is 1. The molecule has 9 rings (SSSR count). The summed E-state index contributed by atoms with van der Waals surface area (Å²) in [5.74, 6) is 0.793. The maximum Gasteiger partial charge on any atom is 0.211 e. The van der Waals surface area contributed by atoms with Crippen molar-refractivity contribution >= 4 is 45.1 Å². The quantitative estimate of drug-likeness (QED) is 0.117. The second kappa shape index (κ2) is 17.0. The molecule has 287 valence electrons. The number of fused-ring (bicyclic) bond motifs is 3. The molecule has 0 amide bonds. The number of aromatic nitrogens is 1.